The van der Waals surface area contributed by atoms with Gasteiger partial charge in [0.25, 0.3) is 0 Å². The normalized spacial score (nSPS) is 21.2. The predicted molar refractivity (Wildman–Crippen MR) is 75.5 cm³/mol. The minimum Gasteiger partial charge on any atom is -0.497 e. The van der Waals surface area contributed by atoms with Crippen LogP contribution in [0.25, 0.3) is 0 Å². The number of urea groups is 1. The largest absolute Gasteiger partial charge is 0.497 e. The van der Waals surface area contributed by atoms with Gasteiger partial charge in [-0.25, -0.2) is 9.59 Å². The summed E-state index contributed by atoms with van der Waals surface area (Å²) >= 11 is 0. The number of anilines is 1. The van der Waals surface area contributed by atoms with Gasteiger partial charge in [-0.2, -0.15) is 0 Å². The number of amides is 2. The summed E-state index contributed by atoms with van der Waals surface area (Å²) in [5.74, 6) is -0.446. The number of hydrogen-bond acceptors (Lipinski definition) is 4. The molecule has 2 amide bonds. The molecule has 0 spiro atoms. The zero-order valence-corrected chi connectivity index (χ0v) is 11.9. The van der Waals surface area contributed by atoms with Gasteiger partial charge in [0, 0.05) is 18.7 Å². The van der Waals surface area contributed by atoms with Gasteiger partial charge in [-0.15, -0.1) is 0 Å². The fourth-order valence-electron chi connectivity index (χ4n) is 2.36. The third-order valence-corrected chi connectivity index (χ3v) is 3.50. The molecule has 1 aliphatic rings. The number of carbonyl (C=O) groups is 2. The predicted octanol–water partition coefficient (Wildman–Crippen LogP) is 1.06. The summed E-state index contributed by atoms with van der Waals surface area (Å²) in [5.41, 5.74) is 1.38. The lowest BCUT2D eigenvalue weighted by molar-refractivity contribution is -0.141. The SMILES string of the molecule is COc1ccc(NC(=O)N2C[C@H](O)C[C@H]2C(=O)O)c(C)c1. The van der Waals surface area contributed by atoms with Gasteiger partial charge in [-0.3, -0.25) is 0 Å². The van der Waals surface area contributed by atoms with Crippen LogP contribution in [-0.4, -0.2) is 52.9 Å². The highest BCUT2D eigenvalue weighted by Gasteiger charge is 2.39. The van der Waals surface area contributed by atoms with Crippen molar-refractivity contribution in [2.75, 3.05) is 19.0 Å². The maximum Gasteiger partial charge on any atom is 0.326 e. The number of ether oxygens (including phenoxy) is 1. The first kappa shape index (κ1) is 15.1. The Bertz CT molecular complexity index is 560. The van der Waals surface area contributed by atoms with Crippen LogP contribution in [0.3, 0.4) is 0 Å². The van der Waals surface area contributed by atoms with Crippen molar-refractivity contribution in [3.63, 3.8) is 0 Å². The van der Waals surface area contributed by atoms with Crippen molar-refractivity contribution in [2.45, 2.75) is 25.5 Å². The van der Waals surface area contributed by atoms with E-state index in [-0.39, 0.29) is 13.0 Å². The van der Waals surface area contributed by atoms with Crippen molar-refractivity contribution in [1.82, 2.24) is 4.90 Å². The third-order valence-electron chi connectivity index (χ3n) is 3.50. The monoisotopic (exact) mass is 294 g/mol. The van der Waals surface area contributed by atoms with Gasteiger partial charge in [0.1, 0.15) is 11.8 Å². The lowest BCUT2D eigenvalue weighted by Gasteiger charge is -2.22. The van der Waals surface area contributed by atoms with Crippen molar-refractivity contribution in [3.8, 4) is 5.75 Å². The molecule has 1 aliphatic heterocycles. The molecular formula is C14H18N2O5. The van der Waals surface area contributed by atoms with E-state index < -0.39 is 24.1 Å². The molecule has 0 unspecified atom stereocenters. The van der Waals surface area contributed by atoms with Crippen LogP contribution in [0.15, 0.2) is 18.2 Å². The Kier molecular flexibility index (Phi) is 4.32. The number of likely N-dealkylation sites (tertiary alicyclic amines) is 1. The molecule has 0 aromatic heterocycles. The van der Waals surface area contributed by atoms with Crippen LogP contribution in [-0.2, 0) is 4.79 Å². The maximum atomic E-state index is 12.2. The maximum absolute atomic E-state index is 12.2. The van der Waals surface area contributed by atoms with Crippen molar-refractivity contribution < 1.29 is 24.5 Å². The zero-order chi connectivity index (χ0) is 15.6. The molecule has 1 saturated heterocycles. The average Bonchev–Trinajstić information content (AvgIpc) is 2.83. The molecule has 2 atom stereocenters. The first-order chi connectivity index (χ1) is 9.92. The molecule has 0 bridgehead atoms. The van der Waals surface area contributed by atoms with Crippen molar-refractivity contribution in [2.24, 2.45) is 0 Å². The first-order valence-corrected chi connectivity index (χ1v) is 6.55. The second-order valence-electron chi connectivity index (χ2n) is 5.01. The molecule has 2 rings (SSSR count). The minimum atomic E-state index is -1.12. The number of benzene rings is 1. The smallest absolute Gasteiger partial charge is 0.326 e. The number of β-amino-alcohol motifs (C(OH)–C–C–N with tert-alkyl or cyclic N) is 1. The summed E-state index contributed by atoms with van der Waals surface area (Å²) in [6, 6.07) is 3.62. The Morgan fingerprint density at radius 1 is 1.43 bits per heavy atom. The highest BCUT2D eigenvalue weighted by molar-refractivity contribution is 5.93. The summed E-state index contributed by atoms with van der Waals surface area (Å²) in [4.78, 5) is 24.4. The van der Waals surface area contributed by atoms with Crippen LogP contribution in [0.5, 0.6) is 5.75 Å². The van der Waals surface area contributed by atoms with E-state index >= 15 is 0 Å². The number of aliphatic hydroxyl groups excluding tert-OH is 1. The molecule has 1 heterocycles. The lowest BCUT2D eigenvalue weighted by atomic mass is 10.2. The van der Waals surface area contributed by atoms with Crippen LogP contribution < -0.4 is 10.1 Å². The van der Waals surface area contributed by atoms with Crippen LogP contribution >= 0.6 is 0 Å². The van der Waals surface area contributed by atoms with Gasteiger partial charge in [0.05, 0.1) is 13.2 Å². The molecule has 1 aromatic carbocycles. The Morgan fingerprint density at radius 2 is 2.14 bits per heavy atom. The zero-order valence-electron chi connectivity index (χ0n) is 11.9. The van der Waals surface area contributed by atoms with Gasteiger partial charge in [-0.05, 0) is 30.7 Å². The molecule has 1 aromatic rings. The number of nitrogens with zero attached hydrogens (tertiary/aromatic N) is 1. The Morgan fingerprint density at radius 3 is 2.71 bits per heavy atom. The highest BCUT2D eigenvalue weighted by atomic mass is 16.5. The fraction of sp³-hybridized carbons (Fsp3) is 0.429. The van der Waals surface area contributed by atoms with Gasteiger partial charge in [-0.1, -0.05) is 0 Å². The number of carboxylic acids is 1. The van der Waals surface area contributed by atoms with E-state index in [1.54, 1.807) is 25.3 Å². The molecule has 7 nitrogen and oxygen atoms in total. The number of aliphatic hydroxyl groups is 1. The number of rotatable bonds is 3. The van der Waals surface area contributed by atoms with Gasteiger partial charge in [0.2, 0.25) is 0 Å². The topological polar surface area (TPSA) is 99.1 Å². The van der Waals surface area contributed by atoms with Gasteiger partial charge < -0.3 is 25.2 Å². The average molecular weight is 294 g/mol. The Labute approximate surface area is 122 Å². The Balaban J connectivity index is 2.12. The number of aliphatic carboxylic acids is 1. The van der Waals surface area contributed by atoms with E-state index in [2.05, 4.69) is 5.32 Å². The fourth-order valence-corrected chi connectivity index (χ4v) is 2.36. The molecule has 0 aliphatic carbocycles. The number of carbonyl (C=O) groups excluding carboxylic acids is 1. The molecule has 114 valence electrons. The third kappa shape index (κ3) is 3.25. The second kappa shape index (κ2) is 6.01. The molecular weight excluding hydrogens is 276 g/mol. The van der Waals surface area contributed by atoms with Gasteiger partial charge in [0.15, 0.2) is 0 Å². The summed E-state index contributed by atoms with van der Waals surface area (Å²) in [6.07, 6.45) is -0.765. The van der Waals surface area contributed by atoms with Crippen LogP contribution in [0.1, 0.15) is 12.0 Å². The lowest BCUT2D eigenvalue weighted by Crippen LogP contribution is -2.43. The highest BCUT2D eigenvalue weighted by Crippen LogP contribution is 2.23. The van der Waals surface area contributed by atoms with Crippen LogP contribution in [0.2, 0.25) is 0 Å². The number of nitrogens with one attached hydrogen (secondary N) is 1. The number of carboxylic acid groups (broad SMARTS) is 1. The summed E-state index contributed by atoms with van der Waals surface area (Å²) in [5, 5.41) is 21.3. The van der Waals surface area contributed by atoms with E-state index in [0.717, 1.165) is 10.5 Å². The van der Waals surface area contributed by atoms with Crippen LogP contribution in [0.4, 0.5) is 10.5 Å². The standard InChI is InChI=1S/C14H18N2O5/c1-8-5-10(21-2)3-4-11(8)15-14(20)16-7-9(17)6-12(16)13(18)19/h3-5,9,12,17H,6-7H2,1-2H3,(H,15,20)(H,18,19)/t9-,12+/m1/s1. The van der Waals surface area contributed by atoms with E-state index in [1.807, 2.05) is 6.92 Å². The number of hydrogen-bond donors (Lipinski definition) is 3. The quantitative estimate of drug-likeness (QED) is 0.774. The Hall–Kier alpha value is -2.28. The molecule has 3 N–H and O–H groups in total. The van der Waals surface area contributed by atoms with Crippen molar-refractivity contribution in [1.29, 1.82) is 0 Å². The van der Waals surface area contributed by atoms with E-state index in [1.165, 1.54) is 0 Å². The van der Waals surface area contributed by atoms with Crippen molar-refractivity contribution in [3.05, 3.63) is 23.8 Å². The summed E-state index contributed by atoms with van der Waals surface area (Å²) in [7, 11) is 1.55. The van der Waals surface area contributed by atoms with E-state index in [9.17, 15) is 14.7 Å². The number of aryl methyl sites for hydroxylation is 1. The van der Waals surface area contributed by atoms with Gasteiger partial charge >= 0.3 is 12.0 Å². The summed E-state index contributed by atoms with van der Waals surface area (Å²) in [6.45, 7) is 1.82. The molecule has 1 fully saturated rings. The van der Waals surface area contributed by atoms with E-state index in [4.69, 9.17) is 9.84 Å². The second-order valence-corrected chi connectivity index (χ2v) is 5.01. The molecule has 0 radical (unpaired) electrons. The summed E-state index contributed by atoms with van der Waals surface area (Å²) < 4.78 is 5.08. The van der Waals surface area contributed by atoms with Crippen LogP contribution in [0, 0.1) is 6.92 Å². The molecule has 7 heteroatoms. The minimum absolute atomic E-state index is 0.0119. The van der Waals surface area contributed by atoms with E-state index in [0.29, 0.717) is 11.4 Å². The first-order valence-electron chi connectivity index (χ1n) is 6.55. The number of methoxy groups -OCH3 is 1. The molecule has 0 saturated carbocycles. The molecule has 21 heavy (non-hydrogen) atoms. The van der Waals surface area contributed by atoms with Crippen molar-refractivity contribution >= 4 is 17.7 Å².